The first-order chi connectivity index (χ1) is 9.38. The topological polar surface area (TPSA) is 38.1 Å². The standard InChI is InChI=1S/C17H24N2O/c1-12(2)15-14(11-18-17(3,4)5)19-20-16(15)13-9-7-6-8-10-13/h6-10,12,18H,11H2,1-5H3. The van der Waals surface area contributed by atoms with Gasteiger partial charge in [-0.3, -0.25) is 0 Å². The van der Waals surface area contributed by atoms with E-state index in [1.54, 1.807) is 0 Å². The first-order valence-corrected chi connectivity index (χ1v) is 7.17. The molecule has 0 aliphatic heterocycles. The van der Waals surface area contributed by atoms with Crippen molar-refractivity contribution in [2.45, 2.75) is 52.6 Å². The highest BCUT2D eigenvalue weighted by molar-refractivity contribution is 5.62. The SMILES string of the molecule is CC(C)c1c(CNC(C)(C)C)noc1-c1ccccc1. The molecule has 1 aromatic heterocycles. The molecule has 0 saturated carbocycles. The Hall–Kier alpha value is -1.61. The third-order valence-corrected chi connectivity index (χ3v) is 3.20. The minimum atomic E-state index is 0.0696. The Morgan fingerprint density at radius 2 is 1.80 bits per heavy atom. The third-order valence-electron chi connectivity index (χ3n) is 3.20. The van der Waals surface area contributed by atoms with E-state index in [1.807, 2.05) is 18.2 Å². The fourth-order valence-electron chi connectivity index (χ4n) is 2.20. The minimum Gasteiger partial charge on any atom is -0.356 e. The molecule has 0 saturated heterocycles. The second kappa shape index (κ2) is 5.80. The van der Waals surface area contributed by atoms with E-state index in [2.05, 4.69) is 57.2 Å². The Kier molecular flexibility index (Phi) is 4.29. The normalized spacial score (nSPS) is 12.1. The van der Waals surface area contributed by atoms with Gasteiger partial charge in [-0.05, 0) is 26.7 Å². The van der Waals surface area contributed by atoms with Crippen molar-refractivity contribution in [3.8, 4) is 11.3 Å². The molecule has 0 aliphatic rings. The Balaban J connectivity index is 2.34. The smallest absolute Gasteiger partial charge is 0.170 e. The summed E-state index contributed by atoms with van der Waals surface area (Å²) < 4.78 is 5.62. The summed E-state index contributed by atoms with van der Waals surface area (Å²) in [6, 6.07) is 10.2. The summed E-state index contributed by atoms with van der Waals surface area (Å²) in [7, 11) is 0. The van der Waals surface area contributed by atoms with E-state index in [-0.39, 0.29) is 5.54 Å². The molecule has 0 unspecified atom stereocenters. The van der Waals surface area contributed by atoms with E-state index in [4.69, 9.17) is 4.52 Å². The lowest BCUT2D eigenvalue weighted by Crippen LogP contribution is -2.35. The molecule has 0 atom stereocenters. The van der Waals surface area contributed by atoms with Crippen molar-refractivity contribution in [3.63, 3.8) is 0 Å². The molecule has 2 aromatic rings. The highest BCUT2D eigenvalue weighted by atomic mass is 16.5. The second-order valence-electron chi connectivity index (χ2n) is 6.50. The van der Waals surface area contributed by atoms with Crippen LogP contribution in [0.3, 0.4) is 0 Å². The van der Waals surface area contributed by atoms with E-state index in [0.717, 1.165) is 23.6 Å². The van der Waals surface area contributed by atoms with Gasteiger partial charge in [-0.25, -0.2) is 0 Å². The van der Waals surface area contributed by atoms with E-state index >= 15 is 0 Å². The molecule has 0 amide bonds. The number of rotatable bonds is 4. The summed E-state index contributed by atoms with van der Waals surface area (Å²) in [4.78, 5) is 0. The first-order valence-electron chi connectivity index (χ1n) is 7.17. The maximum Gasteiger partial charge on any atom is 0.170 e. The van der Waals surface area contributed by atoms with Gasteiger partial charge in [0.25, 0.3) is 0 Å². The van der Waals surface area contributed by atoms with Crippen molar-refractivity contribution < 1.29 is 4.52 Å². The predicted octanol–water partition coefficient (Wildman–Crippen LogP) is 4.35. The van der Waals surface area contributed by atoms with Crippen molar-refractivity contribution in [3.05, 3.63) is 41.6 Å². The number of nitrogens with zero attached hydrogens (tertiary/aromatic N) is 1. The highest BCUT2D eigenvalue weighted by Crippen LogP contribution is 2.32. The van der Waals surface area contributed by atoms with Gasteiger partial charge in [-0.2, -0.15) is 0 Å². The molecule has 0 radical (unpaired) electrons. The highest BCUT2D eigenvalue weighted by Gasteiger charge is 2.21. The van der Waals surface area contributed by atoms with Gasteiger partial charge >= 0.3 is 0 Å². The van der Waals surface area contributed by atoms with Gasteiger partial charge in [0.05, 0.1) is 0 Å². The molecule has 1 heterocycles. The maximum absolute atomic E-state index is 5.62. The second-order valence-corrected chi connectivity index (χ2v) is 6.50. The van der Waals surface area contributed by atoms with Crippen molar-refractivity contribution >= 4 is 0 Å². The summed E-state index contributed by atoms with van der Waals surface area (Å²) in [6.45, 7) is 11.5. The van der Waals surface area contributed by atoms with Crippen LogP contribution < -0.4 is 5.32 Å². The van der Waals surface area contributed by atoms with Crippen LogP contribution in [0.4, 0.5) is 0 Å². The van der Waals surface area contributed by atoms with E-state index in [0.29, 0.717) is 5.92 Å². The number of hydrogen-bond donors (Lipinski definition) is 1. The van der Waals surface area contributed by atoms with Gasteiger partial charge in [0.2, 0.25) is 0 Å². The molecule has 0 bridgehead atoms. The summed E-state index contributed by atoms with van der Waals surface area (Å²) in [5.74, 6) is 1.28. The van der Waals surface area contributed by atoms with Gasteiger partial charge in [0.15, 0.2) is 5.76 Å². The lowest BCUT2D eigenvalue weighted by atomic mass is 9.96. The van der Waals surface area contributed by atoms with E-state index in [9.17, 15) is 0 Å². The number of hydrogen-bond acceptors (Lipinski definition) is 3. The lowest BCUT2D eigenvalue weighted by molar-refractivity contribution is 0.392. The van der Waals surface area contributed by atoms with Gasteiger partial charge in [0.1, 0.15) is 5.69 Å². The maximum atomic E-state index is 5.62. The molecule has 3 heteroatoms. The zero-order chi connectivity index (χ0) is 14.8. The van der Waals surface area contributed by atoms with Crippen molar-refractivity contribution in [1.29, 1.82) is 0 Å². The Morgan fingerprint density at radius 1 is 1.15 bits per heavy atom. The van der Waals surface area contributed by atoms with Crippen LogP contribution in [-0.4, -0.2) is 10.7 Å². The summed E-state index contributed by atoms with van der Waals surface area (Å²) in [5, 5.41) is 7.76. The quantitative estimate of drug-likeness (QED) is 0.899. The Bertz CT molecular complexity index is 550. The van der Waals surface area contributed by atoms with Crippen LogP contribution in [0.2, 0.25) is 0 Å². The number of nitrogens with one attached hydrogen (secondary N) is 1. The van der Waals surface area contributed by atoms with E-state index in [1.165, 1.54) is 5.56 Å². The fraction of sp³-hybridized carbons (Fsp3) is 0.471. The van der Waals surface area contributed by atoms with Crippen molar-refractivity contribution in [1.82, 2.24) is 10.5 Å². The zero-order valence-electron chi connectivity index (χ0n) is 13.0. The molecule has 20 heavy (non-hydrogen) atoms. The molecule has 1 aromatic carbocycles. The van der Waals surface area contributed by atoms with Crippen LogP contribution in [0.1, 0.15) is 51.8 Å². The van der Waals surface area contributed by atoms with Crippen LogP contribution >= 0.6 is 0 Å². The first kappa shape index (κ1) is 14.8. The van der Waals surface area contributed by atoms with Crippen LogP contribution in [0, 0.1) is 0 Å². The molecule has 0 fully saturated rings. The molecule has 1 N–H and O–H groups in total. The molecule has 3 nitrogen and oxygen atoms in total. The van der Waals surface area contributed by atoms with Crippen LogP contribution in [-0.2, 0) is 6.54 Å². The third kappa shape index (κ3) is 3.48. The van der Waals surface area contributed by atoms with Gasteiger partial charge in [-0.1, -0.05) is 49.3 Å². The van der Waals surface area contributed by atoms with Crippen LogP contribution in [0.25, 0.3) is 11.3 Å². The molecular weight excluding hydrogens is 248 g/mol. The summed E-state index contributed by atoms with van der Waals surface area (Å²) >= 11 is 0. The average Bonchev–Trinajstić information content (AvgIpc) is 2.80. The largest absolute Gasteiger partial charge is 0.356 e. The van der Waals surface area contributed by atoms with Gasteiger partial charge in [-0.15, -0.1) is 0 Å². The van der Waals surface area contributed by atoms with Crippen molar-refractivity contribution in [2.75, 3.05) is 0 Å². The molecule has 0 spiro atoms. The van der Waals surface area contributed by atoms with Crippen molar-refractivity contribution in [2.24, 2.45) is 0 Å². The lowest BCUT2D eigenvalue weighted by Gasteiger charge is -2.20. The fourth-order valence-corrected chi connectivity index (χ4v) is 2.20. The molecular formula is C17H24N2O. The van der Waals surface area contributed by atoms with Gasteiger partial charge in [0, 0.05) is 23.2 Å². The summed E-state index contributed by atoms with van der Waals surface area (Å²) in [6.07, 6.45) is 0. The Labute approximate surface area is 121 Å². The molecule has 108 valence electrons. The van der Waals surface area contributed by atoms with Crippen LogP contribution in [0.15, 0.2) is 34.9 Å². The Morgan fingerprint density at radius 3 is 2.35 bits per heavy atom. The number of benzene rings is 1. The zero-order valence-corrected chi connectivity index (χ0v) is 13.0. The molecule has 2 rings (SSSR count). The van der Waals surface area contributed by atoms with E-state index < -0.39 is 0 Å². The van der Waals surface area contributed by atoms with Gasteiger partial charge < -0.3 is 9.84 Å². The molecule has 0 aliphatic carbocycles. The average molecular weight is 272 g/mol. The van der Waals surface area contributed by atoms with Crippen LogP contribution in [0.5, 0.6) is 0 Å². The minimum absolute atomic E-state index is 0.0696. The monoisotopic (exact) mass is 272 g/mol. The summed E-state index contributed by atoms with van der Waals surface area (Å²) in [5.41, 5.74) is 3.37. The predicted molar refractivity (Wildman–Crippen MR) is 82.6 cm³/mol. The number of aromatic nitrogens is 1.